The van der Waals surface area contributed by atoms with E-state index in [1.54, 1.807) is 0 Å². The Labute approximate surface area is 505 Å². The molecular formula is C64H124O17P2. The van der Waals surface area contributed by atoms with Crippen LogP contribution < -0.4 is 0 Å². The van der Waals surface area contributed by atoms with Crippen LogP contribution >= 0.6 is 15.6 Å². The summed E-state index contributed by atoms with van der Waals surface area (Å²) in [7, 11) is -9.88. The van der Waals surface area contributed by atoms with Gasteiger partial charge in [0.05, 0.1) is 26.4 Å². The molecule has 0 radical (unpaired) electrons. The predicted octanol–water partition coefficient (Wildman–Crippen LogP) is 17.8. The lowest BCUT2D eigenvalue weighted by Crippen LogP contribution is -2.30. The molecule has 0 aromatic carbocycles. The molecule has 17 nitrogen and oxygen atoms in total. The molecule has 0 amide bonds. The monoisotopic (exact) mass is 1230 g/mol. The first-order chi connectivity index (χ1) is 40.1. The van der Waals surface area contributed by atoms with Crippen molar-refractivity contribution < 1.29 is 80.2 Å². The molecule has 0 saturated carbocycles. The molecule has 0 aromatic heterocycles. The van der Waals surface area contributed by atoms with Crippen molar-refractivity contribution in [3.8, 4) is 0 Å². The normalized spacial score (nSPS) is 14.6. The van der Waals surface area contributed by atoms with E-state index >= 15 is 0 Å². The summed E-state index contributed by atoms with van der Waals surface area (Å²) >= 11 is 0. The number of unbranched alkanes of at least 4 members (excludes halogenated alkanes) is 35. The molecule has 0 aliphatic rings. The third kappa shape index (κ3) is 57.6. The second-order valence-corrected chi connectivity index (χ2v) is 26.3. The maximum Gasteiger partial charge on any atom is 0.472 e. The molecule has 0 aliphatic heterocycles. The quantitative estimate of drug-likeness (QED) is 0.0222. The minimum Gasteiger partial charge on any atom is -0.462 e. The number of aliphatic hydroxyl groups is 1. The Bertz CT molecular complexity index is 1620. The van der Waals surface area contributed by atoms with Gasteiger partial charge in [-0.15, -0.1) is 0 Å². The van der Waals surface area contributed by atoms with Crippen molar-refractivity contribution >= 4 is 39.5 Å². The first-order valence-electron chi connectivity index (χ1n) is 33.7. The van der Waals surface area contributed by atoms with Gasteiger partial charge in [0.15, 0.2) is 12.2 Å². The van der Waals surface area contributed by atoms with Crippen LogP contribution in [0.25, 0.3) is 0 Å². The molecule has 492 valence electrons. The van der Waals surface area contributed by atoms with Gasteiger partial charge in [-0.1, -0.05) is 272 Å². The van der Waals surface area contributed by atoms with Gasteiger partial charge < -0.3 is 33.8 Å². The Morgan fingerprint density at radius 2 is 0.578 bits per heavy atom. The van der Waals surface area contributed by atoms with E-state index in [1.807, 2.05) is 0 Å². The Morgan fingerprint density at radius 3 is 0.855 bits per heavy atom. The highest BCUT2D eigenvalue weighted by molar-refractivity contribution is 7.47. The van der Waals surface area contributed by atoms with E-state index in [0.29, 0.717) is 25.7 Å². The number of aliphatic hydroxyl groups excluding tert-OH is 1. The summed E-state index contributed by atoms with van der Waals surface area (Å²) < 4.78 is 67.9. The third-order valence-electron chi connectivity index (χ3n) is 15.1. The van der Waals surface area contributed by atoms with Crippen LogP contribution in [-0.2, 0) is 65.4 Å². The van der Waals surface area contributed by atoms with Crippen molar-refractivity contribution in [3.05, 3.63) is 0 Å². The number of phosphoric ester groups is 2. The summed E-state index contributed by atoms with van der Waals surface area (Å²) in [4.78, 5) is 72.1. The highest BCUT2D eigenvalue weighted by Gasteiger charge is 2.30. The highest BCUT2D eigenvalue weighted by atomic mass is 31.2. The third-order valence-corrected chi connectivity index (χ3v) is 17.0. The molecule has 0 aromatic rings. The molecule has 0 rings (SSSR count). The summed E-state index contributed by atoms with van der Waals surface area (Å²) in [5.41, 5.74) is 0. The summed E-state index contributed by atoms with van der Waals surface area (Å²) in [6.07, 6.45) is 41.7. The lowest BCUT2D eigenvalue weighted by atomic mass is 9.99. The average molecular weight is 1230 g/mol. The van der Waals surface area contributed by atoms with E-state index in [9.17, 15) is 43.2 Å². The van der Waals surface area contributed by atoms with Crippen LogP contribution in [0.2, 0.25) is 0 Å². The number of ether oxygens (including phenoxy) is 4. The summed E-state index contributed by atoms with van der Waals surface area (Å²) in [5, 5.41) is 10.5. The molecule has 3 N–H and O–H groups in total. The molecule has 6 atom stereocenters. The van der Waals surface area contributed by atoms with E-state index in [1.165, 1.54) is 135 Å². The molecule has 0 heterocycles. The number of esters is 4. The molecule has 0 bridgehead atoms. The van der Waals surface area contributed by atoms with Gasteiger partial charge in [0, 0.05) is 25.7 Å². The van der Waals surface area contributed by atoms with E-state index in [0.717, 1.165) is 109 Å². The topological polar surface area (TPSA) is 237 Å². The van der Waals surface area contributed by atoms with E-state index in [4.69, 9.17) is 37.0 Å². The van der Waals surface area contributed by atoms with Gasteiger partial charge >= 0.3 is 39.5 Å². The number of phosphoric acid groups is 2. The van der Waals surface area contributed by atoms with E-state index in [-0.39, 0.29) is 25.7 Å². The Kier molecular flexibility index (Phi) is 56.4. The lowest BCUT2D eigenvalue weighted by molar-refractivity contribution is -0.161. The van der Waals surface area contributed by atoms with Gasteiger partial charge in [0.2, 0.25) is 0 Å². The minimum atomic E-state index is -4.94. The zero-order chi connectivity index (χ0) is 61.3. The Hall–Kier alpha value is -1.94. The number of carbonyl (C=O) groups is 4. The number of hydrogen-bond donors (Lipinski definition) is 3. The SMILES string of the molecule is CCCCCCCCCCCCCCCC(=O)OC[C@H](COP(=O)(O)OC[C@@H](O)COP(=O)(O)OC[C@@H](COC(=O)CCCCCCCCC)OC(=O)CCCCCCCCCCC)OC(=O)CCCCCCCCCCCCC(C)CC. The number of carbonyl (C=O) groups excluding carboxylic acids is 4. The average Bonchev–Trinajstić information content (AvgIpc) is 3.46. The van der Waals surface area contributed by atoms with Crippen LogP contribution in [0.3, 0.4) is 0 Å². The summed E-state index contributed by atoms with van der Waals surface area (Å²) in [6.45, 7) is 7.17. The maximum atomic E-state index is 13.0. The van der Waals surface area contributed by atoms with Crippen LogP contribution in [0.15, 0.2) is 0 Å². The van der Waals surface area contributed by atoms with Crippen molar-refractivity contribution in [2.75, 3.05) is 39.6 Å². The number of rotatable bonds is 64. The first kappa shape index (κ1) is 81.1. The molecule has 0 saturated heterocycles. The predicted molar refractivity (Wildman–Crippen MR) is 331 cm³/mol. The van der Waals surface area contributed by atoms with Crippen molar-refractivity contribution in [3.63, 3.8) is 0 Å². The van der Waals surface area contributed by atoms with Gasteiger partial charge in [0.25, 0.3) is 0 Å². The first-order valence-corrected chi connectivity index (χ1v) is 36.7. The fourth-order valence-electron chi connectivity index (χ4n) is 9.55. The summed E-state index contributed by atoms with van der Waals surface area (Å²) in [5.74, 6) is -1.33. The van der Waals surface area contributed by atoms with Crippen molar-refractivity contribution in [2.45, 2.75) is 342 Å². The second kappa shape index (κ2) is 57.8. The molecule has 0 aliphatic carbocycles. The Balaban J connectivity index is 5.21. The largest absolute Gasteiger partial charge is 0.472 e. The fraction of sp³-hybridized carbons (Fsp3) is 0.938. The molecule has 19 heteroatoms. The second-order valence-electron chi connectivity index (χ2n) is 23.4. The standard InChI is InChI=1S/C64H124O17P2/c1-6-10-13-16-19-21-22-23-24-29-33-38-43-48-62(67)75-54-60(81-64(69)50-45-40-35-30-26-25-28-32-36-41-46-57(5)9-4)56-79-83(72,73)77-52-58(65)51-76-82(70,71)78-55-59(53-74-61(66)47-42-37-31-18-15-12-8-3)80-63(68)49-44-39-34-27-20-17-14-11-7-2/h57-60,65H,6-56H2,1-5H3,(H,70,71)(H,72,73)/t57?,58-,59+,60+/m0/s1. The van der Waals surface area contributed by atoms with Gasteiger partial charge in [-0.05, 0) is 31.6 Å². The van der Waals surface area contributed by atoms with Gasteiger partial charge in [0.1, 0.15) is 19.3 Å². The van der Waals surface area contributed by atoms with Crippen LogP contribution in [0.4, 0.5) is 0 Å². The van der Waals surface area contributed by atoms with E-state index in [2.05, 4.69) is 34.6 Å². The molecule has 83 heavy (non-hydrogen) atoms. The molecule has 0 fully saturated rings. The Morgan fingerprint density at radius 1 is 0.337 bits per heavy atom. The number of hydrogen-bond acceptors (Lipinski definition) is 15. The van der Waals surface area contributed by atoms with Crippen LogP contribution in [0.5, 0.6) is 0 Å². The van der Waals surface area contributed by atoms with E-state index < -0.39 is 97.5 Å². The van der Waals surface area contributed by atoms with Crippen molar-refractivity contribution in [2.24, 2.45) is 5.92 Å². The molecule has 0 spiro atoms. The van der Waals surface area contributed by atoms with Gasteiger partial charge in [-0.3, -0.25) is 37.3 Å². The highest BCUT2D eigenvalue weighted by Crippen LogP contribution is 2.45. The van der Waals surface area contributed by atoms with Crippen molar-refractivity contribution in [1.82, 2.24) is 0 Å². The van der Waals surface area contributed by atoms with Gasteiger partial charge in [-0.25, -0.2) is 9.13 Å². The summed E-state index contributed by atoms with van der Waals surface area (Å²) in [6, 6.07) is 0. The zero-order valence-corrected chi connectivity index (χ0v) is 55.1. The van der Waals surface area contributed by atoms with Gasteiger partial charge in [-0.2, -0.15) is 0 Å². The van der Waals surface area contributed by atoms with Crippen LogP contribution in [-0.4, -0.2) is 96.7 Å². The van der Waals surface area contributed by atoms with Crippen molar-refractivity contribution in [1.29, 1.82) is 0 Å². The zero-order valence-electron chi connectivity index (χ0n) is 53.3. The van der Waals surface area contributed by atoms with Crippen LogP contribution in [0, 0.1) is 5.92 Å². The fourth-order valence-corrected chi connectivity index (χ4v) is 11.1. The smallest absolute Gasteiger partial charge is 0.462 e. The molecular weight excluding hydrogens is 1100 g/mol. The van der Waals surface area contributed by atoms with Crippen LogP contribution in [0.1, 0.15) is 324 Å². The minimum absolute atomic E-state index is 0.105. The molecule has 3 unspecified atom stereocenters. The lowest BCUT2D eigenvalue weighted by Gasteiger charge is -2.21. The maximum absolute atomic E-state index is 13.0.